The molecule has 2 fully saturated rings. The second-order valence-corrected chi connectivity index (χ2v) is 15.6. The number of aliphatic hydroxyl groups is 1. The highest BCUT2D eigenvalue weighted by Crippen LogP contribution is 2.23. The maximum Gasteiger partial charge on any atom is 0.326 e. The number of likely N-dealkylation sites (tertiary alicyclic amines) is 2. The number of amides is 6. The van der Waals surface area contributed by atoms with Gasteiger partial charge in [-0.2, -0.15) is 0 Å². The Morgan fingerprint density at radius 2 is 1.24 bits per heavy atom. The van der Waals surface area contributed by atoms with Gasteiger partial charge in [-0.1, -0.05) is 34.1 Å². The lowest BCUT2D eigenvalue weighted by Crippen LogP contribution is -2.60. The predicted octanol–water partition coefficient (Wildman–Crippen LogP) is -3.49. The number of aliphatic hydroxyl groups excluding tert-OH is 1. The molecule has 16 N–H and O–H groups in total. The molecule has 334 valence electrons. The highest BCUT2D eigenvalue weighted by molar-refractivity contribution is 5.97. The van der Waals surface area contributed by atoms with Gasteiger partial charge in [0.2, 0.25) is 35.4 Å². The van der Waals surface area contributed by atoms with Gasteiger partial charge in [-0.05, 0) is 69.6 Å². The summed E-state index contributed by atoms with van der Waals surface area (Å²) in [4.78, 5) is 104. The summed E-state index contributed by atoms with van der Waals surface area (Å²) in [5.41, 5.74) is 27.7. The molecule has 6 amide bonds. The lowest BCUT2D eigenvalue weighted by atomic mass is 9.96. The summed E-state index contributed by atoms with van der Waals surface area (Å²) in [6.07, 6.45) is 3.07. The molecule has 0 aliphatic carbocycles. The molecule has 0 saturated carbocycles. The molecule has 59 heavy (non-hydrogen) atoms. The van der Waals surface area contributed by atoms with E-state index in [1.54, 1.807) is 6.92 Å². The number of carbonyl (C=O) groups excluding carboxylic acids is 6. The average molecular weight is 838 g/mol. The first-order valence-corrected chi connectivity index (χ1v) is 20.3. The number of nitrogens with one attached hydrogen (secondary N) is 4. The Balaban J connectivity index is 2.25. The van der Waals surface area contributed by atoms with Gasteiger partial charge in [0, 0.05) is 26.2 Å². The summed E-state index contributed by atoms with van der Waals surface area (Å²) in [6, 6.07) is -7.89. The van der Waals surface area contributed by atoms with E-state index in [9.17, 15) is 43.8 Å². The number of guanidine groups is 2. The Bertz CT molecular complexity index is 1520. The zero-order valence-electron chi connectivity index (χ0n) is 34.7. The standard InChI is InChI=1S/C37H67N13O9/c1-5-21(4)28(48-30(53)23(11-7-15-44-37(41)42)45-29(52)22(38)10-6-14-43-36(39)40)34(57)49-16-8-12-26(49)32(55)46-24(18-20(2)3)31(54)47-25(19-51)33(56)50-17-9-13-27(50)35(58)59/h20-28,51H,5-19,38H2,1-4H3,(H,45,52)(H,46,55)(H,47,54)(H,48,53)(H,58,59)(H4,39,40,43)(H4,41,42,44)/t21-,22-,23-,24-,25-,26-,27-,28-/m0/s1. The number of hydrogen-bond acceptors (Lipinski definition) is 11. The minimum absolute atomic E-state index is 0.0938. The van der Waals surface area contributed by atoms with E-state index in [-0.39, 0.29) is 76.1 Å². The quantitative estimate of drug-likeness (QED) is 0.0256. The van der Waals surface area contributed by atoms with Crippen molar-refractivity contribution in [2.45, 2.75) is 134 Å². The van der Waals surface area contributed by atoms with Crippen LogP contribution in [0, 0.1) is 11.8 Å². The molecule has 8 atom stereocenters. The third-order valence-corrected chi connectivity index (χ3v) is 10.5. The Labute approximate surface area is 345 Å². The zero-order valence-corrected chi connectivity index (χ0v) is 34.7. The van der Waals surface area contributed by atoms with E-state index >= 15 is 0 Å². The van der Waals surface area contributed by atoms with E-state index in [1.807, 2.05) is 20.8 Å². The number of nitrogens with zero attached hydrogens (tertiary/aromatic N) is 4. The molecule has 0 bridgehead atoms. The summed E-state index contributed by atoms with van der Waals surface area (Å²) >= 11 is 0. The largest absolute Gasteiger partial charge is 0.480 e. The Kier molecular flexibility index (Phi) is 20.8. The van der Waals surface area contributed by atoms with Crippen LogP contribution in [0.4, 0.5) is 0 Å². The van der Waals surface area contributed by atoms with Crippen LogP contribution in [0.15, 0.2) is 9.98 Å². The number of nitrogens with two attached hydrogens (primary N) is 5. The summed E-state index contributed by atoms with van der Waals surface area (Å²) in [5.74, 6) is -5.84. The third kappa shape index (κ3) is 15.8. The average Bonchev–Trinajstić information content (AvgIpc) is 3.88. The minimum Gasteiger partial charge on any atom is -0.480 e. The molecule has 0 radical (unpaired) electrons. The number of carbonyl (C=O) groups is 7. The highest BCUT2D eigenvalue weighted by atomic mass is 16.4. The van der Waals surface area contributed by atoms with E-state index in [1.165, 1.54) is 4.90 Å². The number of carboxylic acids is 1. The van der Waals surface area contributed by atoms with Gasteiger partial charge in [0.05, 0.1) is 12.6 Å². The predicted molar refractivity (Wildman–Crippen MR) is 219 cm³/mol. The minimum atomic E-state index is -1.44. The number of aliphatic carboxylic acids is 1. The molecule has 22 heteroatoms. The van der Waals surface area contributed by atoms with Crippen LogP contribution in [0.2, 0.25) is 0 Å². The number of rotatable bonds is 24. The fourth-order valence-electron chi connectivity index (χ4n) is 7.04. The lowest BCUT2D eigenvalue weighted by Gasteiger charge is -2.33. The molecule has 2 aliphatic heterocycles. The molecule has 22 nitrogen and oxygen atoms in total. The van der Waals surface area contributed by atoms with Crippen molar-refractivity contribution in [2.24, 2.45) is 50.5 Å². The first-order valence-electron chi connectivity index (χ1n) is 20.3. The topological polar surface area (TPSA) is 369 Å². The Morgan fingerprint density at radius 3 is 1.76 bits per heavy atom. The molecule has 2 saturated heterocycles. The van der Waals surface area contributed by atoms with Gasteiger partial charge < -0.3 is 69.9 Å². The van der Waals surface area contributed by atoms with Crippen molar-refractivity contribution < 1.29 is 43.8 Å². The van der Waals surface area contributed by atoms with Crippen molar-refractivity contribution in [3.05, 3.63) is 0 Å². The SMILES string of the molecule is CC[C@H](C)[C@H](NC(=O)[C@H](CCCN=C(N)N)NC(=O)[C@@H](N)CCCN=C(N)N)C(=O)N1CCC[C@H]1C(=O)N[C@@H](CC(C)C)C(=O)N[C@@H](CO)C(=O)N1CCC[C@H]1C(=O)O. The molecule has 2 heterocycles. The second kappa shape index (κ2) is 24.6. The van der Waals surface area contributed by atoms with Crippen molar-refractivity contribution in [3.63, 3.8) is 0 Å². The molecular formula is C37H67N13O9. The first-order chi connectivity index (χ1) is 27.8. The molecule has 0 unspecified atom stereocenters. The maximum absolute atomic E-state index is 14.3. The summed E-state index contributed by atoms with van der Waals surface area (Å²) in [5, 5.41) is 30.3. The fourth-order valence-corrected chi connectivity index (χ4v) is 7.04. The van der Waals surface area contributed by atoms with Gasteiger partial charge in [-0.25, -0.2) is 4.79 Å². The van der Waals surface area contributed by atoms with Crippen LogP contribution in [0.25, 0.3) is 0 Å². The third-order valence-electron chi connectivity index (χ3n) is 10.5. The van der Waals surface area contributed by atoms with E-state index in [4.69, 9.17) is 28.7 Å². The van der Waals surface area contributed by atoms with E-state index in [2.05, 4.69) is 31.3 Å². The monoisotopic (exact) mass is 838 g/mol. The van der Waals surface area contributed by atoms with Crippen molar-refractivity contribution in [2.75, 3.05) is 32.8 Å². The fraction of sp³-hybridized carbons (Fsp3) is 0.757. The van der Waals surface area contributed by atoms with Gasteiger partial charge in [0.25, 0.3) is 0 Å². The van der Waals surface area contributed by atoms with E-state index in [0.29, 0.717) is 32.1 Å². The zero-order chi connectivity index (χ0) is 44.4. The number of hydrogen-bond donors (Lipinski definition) is 11. The number of aliphatic imine (C=N–C) groups is 2. The van der Waals surface area contributed by atoms with Crippen molar-refractivity contribution in [1.29, 1.82) is 0 Å². The second-order valence-electron chi connectivity index (χ2n) is 15.6. The molecule has 0 spiro atoms. The van der Waals surface area contributed by atoms with Gasteiger partial charge in [-0.15, -0.1) is 0 Å². The smallest absolute Gasteiger partial charge is 0.326 e. The van der Waals surface area contributed by atoms with Gasteiger partial charge in [0.1, 0.15) is 36.3 Å². The van der Waals surface area contributed by atoms with E-state index < -0.39 is 96.2 Å². The summed E-state index contributed by atoms with van der Waals surface area (Å²) < 4.78 is 0. The summed E-state index contributed by atoms with van der Waals surface area (Å²) in [7, 11) is 0. The van der Waals surface area contributed by atoms with Crippen LogP contribution in [0.3, 0.4) is 0 Å². The van der Waals surface area contributed by atoms with E-state index in [0.717, 1.165) is 4.90 Å². The van der Waals surface area contributed by atoms with Gasteiger partial charge in [-0.3, -0.25) is 38.8 Å². The Hall–Kier alpha value is -5.25. The first kappa shape index (κ1) is 49.9. The number of carboxylic acid groups (broad SMARTS) is 1. The molecule has 2 rings (SSSR count). The Morgan fingerprint density at radius 1 is 0.712 bits per heavy atom. The molecule has 2 aliphatic rings. The molecule has 0 aromatic carbocycles. The maximum atomic E-state index is 14.3. The molecule has 0 aromatic rings. The van der Waals surface area contributed by atoms with Crippen LogP contribution in [-0.2, 0) is 33.6 Å². The lowest BCUT2D eigenvalue weighted by molar-refractivity contribution is -0.150. The van der Waals surface area contributed by atoms with Crippen LogP contribution in [0.1, 0.15) is 91.9 Å². The van der Waals surface area contributed by atoms with Crippen molar-refractivity contribution in [1.82, 2.24) is 31.1 Å². The van der Waals surface area contributed by atoms with Gasteiger partial charge >= 0.3 is 5.97 Å². The van der Waals surface area contributed by atoms with Crippen LogP contribution in [0.5, 0.6) is 0 Å². The normalized spacial score (nSPS) is 19.4. The molecule has 0 aromatic heterocycles. The van der Waals surface area contributed by atoms with Crippen LogP contribution >= 0.6 is 0 Å². The van der Waals surface area contributed by atoms with Crippen LogP contribution < -0.4 is 49.9 Å². The van der Waals surface area contributed by atoms with Crippen LogP contribution in [-0.4, -0.2) is 148 Å². The summed E-state index contributed by atoms with van der Waals surface area (Å²) in [6.45, 7) is 7.24. The molecular weight excluding hydrogens is 770 g/mol. The van der Waals surface area contributed by atoms with Crippen molar-refractivity contribution in [3.8, 4) is 0 Å². The van der Waals surface area contributed by atoms with Gasteiger partial charge in [0.15, 0.2) is 11.9 Å². The van der Waals surface area contributed by atoms with Crippen molar-refractivity contribution >= 4 is 53.3 Å². The highest BCUT2D eigenvalue weighted by Gasteiger charge is 2.42.